The Bertz CT molecular complexity index is 1520. The normalized spacial score (nSPS) is 16.4. The monoisotopic (exact) mass is 564 g/mol. The van der Waals surface area contributed by atoms with Gasteiger partial charge in [0.25, 0.3) is 5.91 Å². The van der Waals surface area contributed by atoms with E-state index in [0.29, 0.717) is 25.2 Å². The van der Waals surface area contributed by atoms with E-state index in [1.807, 2.05) is 47.4 Å². The van der Waals surface area contributed by atoms with E-state index in [0.717, 1.165) is 73.2 Å². The molecule has 0 radical (unpaired) electrons. The highest BCUT2D eigenvalue weighted by Crippen LogP contribution is 2.40. The molecule has 0 aliphatic carbocycles. The molecule has 2 amide bonds. The molecule has 2 saturated heterocycles. The molecule has 2 N–H and O–H groups in total. The molecule has 42 heavy (non-hydrogen) atoms. The Morgan fingerprint density at radius 3 is 2.26 bits per heavy atom. The second-order valence-electron chi connectivity index (χ2n) is 11.5. The minimum Gasteiger partial charge on any atom is -0.508 e. The average molecular weight is 565 g/mol. The fourth-order valence-corrected chi connectivity index (χ4v) is 6.68. The summed E-state index contributed by atoms with van der Waals surface area (Å²) in [4.78, 5) is 30.7. The van der Waals surface area contributed by atoms with Crippen LogP contribution in [-0.2, 0) is 11.3 Å². The van der Waals surface area contributed by atoms with Crippen LogP contribution >= 0.6 is 0 Å². The van der Waals surface area contributed by atoms with Crippen LogP contribution in [0.3, 0.4) is 0 Å². The zero-order chi connectivity index (χ0) is 28.9. The maximum absolute atomic E-state index is 14.3. The molecule has 7 heteroatoms. The highest BCUT2D eigenvalue weighted by Gasteiger charge is 2.30. The van der Waals surface area contributed by atoms with Gasteiger partial charge in [0.15, 0.2) is 0 Å². The number of likely N-dealkylation sites (tertiary alicyclic amines) is 2. The second-order valence-corrected chi connectivity index (χ2v) is 11.5. The molecule has 7 nitrogen and oxygen atoms in total. The Morgan fingerprint density at radius 1 is 0.810 bits per heavy atom. The second kappa shape index (κ2) is 12.8. The van der Waals surface area contributed by atoms with E-state index >= 15 is 0 Å². The minimum absolute atomic E-state index is 0.0879. The van der Waals surface area contributed by atoms with Crippen LogP contribution in [0.5, 0.6) is 5.75 Å². The Balaban J connectivity index is 1.42. The predicted molar refractivity (Wildman–Crippen MR) is 166 cm³/mol. The van der Waals surface area contributed by atoms with Gasteiger partial charge in [-0.1, -0.05) is 60.7 Å². The van der Waals surface area contributed by atoms with Gasteiger partial charge >= 0.3 is 0 Å². The molecule has 0 bridgehead atoms. The standard InChI is InChI=1S/C35H40N4O3/c40-28-17-15-27(16-18-28)32(26-10-2-1-3-11-26)33-29-12-4-5-13-30(29)39(25-24-37-20-6-7-21-37)34(33)35(42)36-19-9-23-38-22-8-14-31(38)41/h1-5,10-13,15-18,32,40H,6-9,14,19-25H2,(H,36,42). The largest absolute Gasteiger partial charge is 0.508 e. The maximum atomic E-state index is 14.3. The molecule has 1 unspecified atom stereocenters. The number of nitrogens with one attached hydrogen (secondary N) is 1. The van der Waals surface area contributed by atoms with Crippen molar-refractivity contribution in [2.24, 2.45) is 0 Å². The van der Waals surface area contributed by atoms with Crippen molar-refractivity contribution in [3.63, 3.8) is 0 Å². The molecule has 6 rings (SSSR count). The molecule has 0 spiro atoms. The van der Waals surface area contributed by atoms with E-state index in [1.165, 1.54) is 12.8 Å². The van der Waals surface area contributed by atoms with E-state index in [4.69, 9.17) is 0 Å². The quantitative estimate of drug-likeness (QED) is 0.240. The number of para-hydroxylation sites is 1. The number of aromatic nitrogens is 1. The first-order chi connectivity index (χ1) is 20.6. The number of benzene rings is 3. The summed E-state index contributed by atoms with van der Waals surface area (Å²) in [6.07, 6.45) is 4.72. The summed E-state index contributed by atoms with van der Waals surface area (Å²) in [7, 11) is 0. The zero-order valence-corrected chi connectivity index (χ0v) is 24.2. The summed E-state index contributed by atoms with van der Waals surface area (Å²) in [6.45, 7) is 5.81. The predicted octanol–water partition coefficient (Wildman–Crippen LogP) is 5.37. The van der Waals surface area contributed by atoms with Crippen LogP contribution in [0.25, 0.3) is 10.9 Å². The number of amides is 2. The number of nitrogens with zero attached hydrogens (tertiary/aromatic N) is 3. The number of aromatic hydroxyl groups is 1. The molecule has 4 aromatic rings. The lowest BCUT2D eigenvalue weighted by Crippen LogP contribution is -2.33. The van der Waals surface area contributed by atoms with Crippen molar-refractivity contribution in [2.75, 3.05) is 39.3 Å². The number of carbonyl (C=O) groups is 2. The third kappa shape index (κ3) is 5.93. The molecule has 2 aliphatic heterocycles. The molecular formula is C35H40N4O3. The van der Waals surface area contributed by atoms with Crippen LogP contribution in [0.4, 0.5) is 0 Å². The highest BCUT2D eigenvalue weighted by atomic mass is 16.3. The molecule has 3 aromatic carbocycles. The molecule has 2 aliphatic rings. The van der Waals surface area contributed by atoms with Crippen LogP contribution in [0.2, 0.25) is 0 Å². The van der Waals surface area contributed by atoms with Crippen LogP contribution in [0.1, 0.15) is 65.2 Å². The Kier molecular flexibility index (Phi) is 8.56. The topological polar surface area (TPSA) is 77.8 Å². The third-order valence-corrected chi connectivity index (χ3v) is 8.77. The van der Waals surface area contributed by atoms with Gasteiger partial charge in [-0.25, -0.2) is 0 Å². The van der Waals surface area contributed by atoms with Crippen molar-refractivity contribution in [1.29, 1.82) is 0 Å². The SMILES string of the molecule is O=C(NCCCN1CCCC1=O)c1c(C(c2ccccc2)c2ccc(O)cc2)c2ccccc2n1CCN1CCCC1. The summed E-state index contributed by atoms with van der Waals surface area (Å²) in [5.74, 6) is 0.140. The summed E-state index contributed by atoms with van der Waals surface area (Å²) < 4.78 is 2.22. The van der Waals surface area contributed by atoms with Crippen molar-refractivity contribution in [3.05, 3.63) is 101 Å². The fraction of sp³-hybridized carbons (Fsp3) is 0.371. The Morgan fingerprint density at radius 2 is 1.52 bits per heavy atom. The van der Waals surface area contributed by atoms with E-state index in [-0.39, 0.29) is 23.5 Å². The lowest BCUT2D eigenvalue weighted by atomic mass is 9.83. The summed E-state index contributed by atoms with van der Waals surface area (Å²) in [5, 5.41) is 14.4. The highest BCUT2D eigenvalue weighted by molar-refractivity contribution is 6.03. The van der Waals surface area contributed by atoms with E-state index in [2.05, 4.69) is 39.0 Å². The van der Waals surface area contributed by atoms with E-state index in [1.54, 1.807) is 12.1 Å². The molecular weight excluding hydrogens is 524 g/mol. The van der Waals surface area contributed by atoms with Crippen LogP contribution < -0.4 is 5.32 Å². The Labute approximate surface area is 247 Å². The molecule has 2 fully saturated rings. The first kappa shape index (κ1) is 28.0. The van der Waals surface area contributed by atoms with Crippen molar-refractivity contribution in [3.8, 4) is 5.75 Å². The number of carbonyl (C=O) groups excluding carboxylic acids is 2. The number of phenols is 1. The smallest absolute Gasteiger partial charge is 0.268 e. The first-order valence-corrected chi connectivity index (χ1v) is 15.3. The fourth-order valence-electron chi connectivity index (χ4n) is 6.68. The summed E-state index contributed by atoms with van der Waals surface area (Å²) >= 11 is 0. The van der Waals surface area contributed by atoms with Gasteiger partial charge in [0.05, 0.1) is 0 Å². The number of rotatable bonds is 11. The maximum Gasteiger partial charge on any atom is 0.268 e. The third-order valence-electron chi connectivity index (χ3n) is 8.77. The van der Waals surface area contributed by atoms with Gasteiger partial charge < -0.3 is 24.8 Å². The van der Waals surface area contributed by atoms with Crippen LogP contribution in [0, 0.1) is 0 Å². The summed E-state index contributed by atoms with van der Waals surface area (Å²) in [5.41, 5.74) is 4.83. The lowest BCUT2D eigenvalue weighted by Gasteiger charge is -2.22. The van der Waals surface area contributed by atoms with Crippen molar-refractivity contribution in [1.82, 2.24) is 19.7 Å². The van der Waals surface area contributed by atoms with Crippen LogP contribution in [-0.4, -0.2) is 70.6 Å². The summed E-state index contributed by atoms with van der Waals surface area (Å²) in [6, 6.07) is 26.0. The lowest BCUT2D eigenvalue weighted by molar-refractivity contribution is -0.127. The van der Waals surface area contributed by atoms with Crippen molar-refractivity contribution < 1.29 is 14.7 Å². The van der Waals surface area contributed by atoms with Gasteiger partial charge in [-0.05, 0) is 68.1 Å². The molecule has 3 heterocycles. The van der Waals surface area contributed by atoms with Gasteiger partial charge in [0.2, 0.25) is 5.91 Å². The van der Waals surface area contributed by atoms with Crippen molar-refractivity contribution in [2.45, 2.75) is 44.6 Å². The molecule has 0 saturated carbocycles. The van der Waals surface area contributed by atoms with Gasteiger partial charge in [0.1, 0.15) is 11.4 Å². The zero-order valence-electron chi connectivity index (χ0n) is 24.2. The van der Waals surface area contributed by atoms with E-state index < -0.39 is 0 Å². The van der Waals surface area contributed by atoms with Crippen molar-refractivity contribution >= 4 is 22.7 Å². The molecule has 1 atom stereocenters. The number of hydrogen-bond acceptors (Lipinski definition) is 4. The Hall–Kier alpha value is -4.10. The number of phenolic OH excluding ortho intramolecular Hbond substituents is 1. The molecule has 218 valence electrons. The average Bonchev–Trinajstić information content (AvgIpc) is 3.76. The van der Waals surface area contributed by atoms with E-state index in [9.17, 15) is 14.7 Å². The van der Waals surface area contributed by atoms with Crippen LogP contribution in [0.15, 0.2) is 78.9 Å². The van der Waals surface area contributed by atoms with Gasteiger partial charge in [-0.15, -0.1) is 0 Å². The first-order valence-electron chi connectivity index (χ1n) is 15.3. The number of fused-ring (bicyclic) bond motifs is 1. The minimum atomic E-state index is -0.201. The van der Waals surface area contributed by atoms with Gasteiger partial charge in [0, 0.05) is 61.5 Å². The van der Waals surface area contributed by atoms with Gasteiger partial charge in [-0.2, -0.15) is 0 Å². The van der Waals surface area contributed by atoms with Gasteiger partial charge in [-0.3, -0.25) is 9.59 Å². The molecule has 1 aromatic heterocycles. The number of hydrogen-bond donors (Lipinski definition) is 2.